The molecule has 154 valence electrons. The highest BCUT2D eigenvalue weighted by atomic mass is 32.2. The first kappa shape index (κ1) is 21.2. The summed E-state index contributed by atoms with van der Waals surface area (Å²) in [6.07, 6.45) is 10.7. The van der Waals surface area contributed by atoms with E-state index in [9.17, 15) is 13.2 Å². The van der Waals surface area contributed by atoms with Gasteiger partial charge in [-0.05, 0) is 49.1 Å². The fraction of sp³-hybridized carbons (Fsp3) is 0.409. The van der Waals surface area contributed by atoms with E-state index in [1.165, 1.54) is 0 Å². The van der Waals surface area contributed by atoms with Crippen LogP contribution in [0.4, 0.5) is 0 Å². The normalized spacial score (nSPS) is 15.0. The van der Waals surface area contributed by atoms with E-state index in [0.717, 1.165) is 24.8 Å². The van der Waals surface area contributed by atoms with E-state index in [1.807, 2.05) is 0 Å². The van der Waals surface area contributed by atoms with Crippen LogP contribution in [0.5, 0.6) is 0 Å². The number of hydrogen-bond donors (Lipinski definition) is 0. The molecule has 0 atom stereocenters. The van der Waals surface area contributed by atoms with Crippen molar-refractivity contribution >= 4 is 15.9 Å². The van der Waals surface area contributed by atoms with Crippen molar-refractivity contribution in [3.05, 3.63) is 54.0 Å². The Morgan fingerprint density at radius 1 is 1.14 bits per heavy atom. The number of piperidine rings is 1. The summed E-state index contributed by atoms with van der Waals surface area (Å²) in [5, 5.41) is 0. The number of furan rings is 1. The van der Waals surface area contributed by atoms with Crippen molar-refractivity contribution in [3.63, 3.8) is 0 Å². The molecule has 1 aromatic heterocycles. The Labute approximate surface area is 172 Å². The number of amides is 1. The lowest BCUT2D eigenvalue weighted by Crippen LogP contribution is -2.35. The van der Waals surface area contributed by atoms with Gasteiger partial charge in [0.05, 0.1) is 24.2 Å². The Morgan fingerprint density at radius 3 is 2.48 bits per heavy atom. The van der Waals surface area contributed by atoms with Gasteiger partial charge >= 0.3 is 0 Å². The summed E-state index contributed by atoms with van der Waals surface area (Å²) in [5.41, 5.74) is 0.912. The minimum atomic E-state index is -3.43. The predicted molar refractivity (Wildman–Crippen MR) is 110 cm³/mol. The van der Waals surface area contributed by atoms with E-state index >= 15 is 0 Å². The summed E-state index contributed by atoms with van der Waals surface area (Å²) >= 11 is 0. The summed E-state index contributed by atoms with van der Waals surface area (Å²) in [4.78, 5) is 14.4. The van der Waals surface area contributed by atoms with Crippen LogP contribution in [0.15, 0.2) is 52.0 Å². The lowest BCUT2D eigenvalue weighted by Gasteiger charge is -2.25. The number of hydrogen-bond acceptors (Lipinski definition) is 4. The van der Waals surface area contributed by atoms with Gasteiger partial charge < -0.3 is 9.32 Å². The second kappa shape index (κ2) is 9.77. The first-order valence-corrected chi connectivity index (χ1v) is 11.3. The van der Waals surface area contributed by atoms with Crippen molar-refractivity contribution in [2.75, 3.05) is 19.6 Å². The van der Waals surface area contributed by atoms with E-state index in [4.69, 9.17) is 10.8 Å². The Bertz CT molecular complexity index is 938. The Hall–Kier alpha value is -2.56. The molecule has 0 bridgehead atoms. The van der Waals surface area contributed by atoms with Crippen LogP contribution in [0.1, 0.15) is 37.0 Å². The SMILES string of the molecule is C#CCN(Cc1ccco1)C(=O)CCc1ccc(S(=O)(=O)N2CCCCC2)cc1. The van der Waals surface area contributed by atoms with E-state index in [2.05, 4.69) is 5.92 Å². The predicted octanol–water partition coefficient (Wildman–Crippen LogP) is 3.05. The van der Waals surface area contributed by atoms with Gasteiger partial charge in [-0.25, -0.2) is 8.42 Å². The fourth-order valence-corrected chi connectivity index (χ4v) is 4.94. The second-order valence-electron chi connectivity index (χ2n) is 7.14. The zero-order valence-electron chi connectivity index (χ0n) is 16.4. The summed E-state index contributed by atoms with van der Waals surface area (Å²) in [6, 6.07) is 10.4. The molecule has 2 heterocycles. The summed E-state index contributed by atoms with van der Waals surface area (Å²) in [7, 11) is -3.43. The molecule has 1 aromatic carbocycles. The molecule has 0 radical (unpaired) electrons. The van der Waals surface area contributed by atoms with E-state index in [-0.39, 0.29) is 12.5 Å². The molecular weight excluding hydrogens is 388 g/mol. The second-order valence-corrected chi connectivity index (χ2v) is 9.08. The fourth-order valence-electron chi connectivity index (χ4n) is 3.42. The van der Waals surface area contributed by atoms with Gasteiger partial charge in [-0.2, -0.15) is 4.31 Å². The third-order valence-electron chi connectivity index (χ3n) is 5.07. The quantitative estimate of drug-likeness (QED) is 0.623. The Kier molecular flexibility index (Phi) is 7.13. The van der Waals surface area contributed by atoms with Crippen LogP contribution in [0.25, 0.3) is 0 Å². The monoisotopic (exact) mass is 414 g/mol. The lowest BCUT2D eigenvalue weighted by molar-refractivity contribution is -0.131. The molecule has 0 N–H and O–H groups in total. The first-order valence-electron chi connectivity index (χ1n) is 9.83. The average Bonchev–Trinajstić information content (AvgIpc) is 3.26. The molecule has 7 heteroatoms. The molecule has 3 rings (SSSR count). The van der Waals surface area contributed by atoms with Crippen molar-refractivity contribution in [3.8, 4) is 12.3 Å². The topological polar surface area (TPSA) is 70.8 Å². The zero-order chi connectivity index (χ0) is 20.7. The van der Waals surface area contributed by atoms with Crippen LogP contribution in [0.2, 0.25) is 0 Å². The van der Waals surface area contributed by atoms with Crippen LogP contribution in [-0.2, 0) is 27.8 Å². The standard InChI is InChI=1S/C22H26N2O4S/c1-2-14-23(18-20-7-6-17-28-20)22(25)13-10-19-8-11-21(12-9-19)29(26,27)24-15-4-3-5-16-24/h1,6-9,11-12,17H,3-5,10,13-16,18H2. The van der Waals surface area contributed by atoms with Crippen LogP contribution in [0, 0.1) is 12.3 Å². The molecule has 1 aliphatic heterocycles. The maximum atomic E-state index is 12.7. The van der Waals surface area contributed by atoms with Gasteiger partial charge in [0.25, 0.3) is 0 Å². The molecule has 1 fully saturated rings. The molecule has 1 saturated heterocycles. The number of carbonyl (C=O) groups excluding carboxylic acids is 1. The number of carbonyl (C=O) groups is 1. The number of nitrogens with zero attached hydrogens (tertiary/aromatic N) is 2. The maximum Gasteiger partial charge on any atom is 0.243 e. The minimum Gasteiger partial charge on any atom is -0.467 e. The molecule has 29 heavy (non-hydrogen) atoms. The first-order chi connectivity index (χ1) is 14.0. The van der Waals surface area contributed by atoms with Crippen LogP contribution in [-0.4, -0.2) is 43.2 Å². The molecule has 1 aliphatic rings. The largest absolute Gasteiger partial charge is 0.467 e. The van der Waals surface area contributed by atoms with Gasteiger partial charge in [0, 0.05) is 19.5 Å². The highest BCUT2D eigenvalue weighted by molar-refractivity contribution is 7.89. The Balaban J connectivity index is 1.59. The summed E-state index contributed by atoms with van der Waals surface area (Å²) in [6.45, 7) is 1.72. The Morgan fingerprint density at radius 2 is 1.86 bits per heavy atom. The number of benzene rings is 1. The molecule has 0 aliphatic carbocycles. The van der Waals surface area contributed by atoms with Crippen molar-refractivity contribution < 1.29 is 17.6 Å². The van der Waals surface area contributed by atoms with Crippen molar-refractivity contribution in [1.82, 2.24) is 9.21 Å². The average molecular weight is 415 g/mol. The highest BCUT2D eigenvalue weighted by Crippen LogP contribution is 2.21. The van der Waals surface area contributed by atoms with Crippen LogP contribution < -0.4 is 0 Å². The van der Waals surface area contributed by atoms with Crippen molar-refractivity contribution in [2.45, 2.75) is 43.5 Å². The number of terminal acetylenes is 1. The van der Waals surface area contributed by atoms with Gasteiger partial charge in [-0.1, -0.05) is 24.5 Å². The minimum absolute atomic E-state index is 0.0654. The number of rotatable bonds is 8. The maximum absolute atomic E-state index is 12.7. The van der Waals surface area contributed by atoms with Crippen LogP contribution >= 0.6 is 0 Å². The van der Waals surface area contributed by atoms with E-state index < -0.39 is 10.0 Å². The van der Waals surface area contributed by atoms with Crippen molar-refractivity contribution in [1.29, 1.82) is 0 Å². The molecule has 0 saturated carbocycles. The van der Waals surface area contributed by atoms with E-state index in [1.54, 1.807) is 51.9 Å². The molecule has 2 aromatic rings. The molecule has 0 unspecified atom stereocenters. The molecule has 6 nitrogen and oxygen atoms in total. The van der Waals surface area contributed by atoms with Gasteiger partial charge in [-0.3, -0.25) is 4.79 Å². The van der Waals surface area contributed by atoms with Crippen molar-refractivity contribution in [2.24, 2.45) is 0 Å². The number of sulfonamides is 1. The third kappa shape index (κ3) is 5.49. The third-order valence-corrected chi connectivity index (χ3v) is 6.98. The van der Waals surface area contributed by atoms with Gasteiger partial charge in [-0.15, -0.1) is 6.42 Å². The van der Waals surface area contributed by atoms with Crippen LogP contribution in [0.3, 0.4) is 0 Å². The highest BCUT2D eigenvalue weighted by Gasteiger charge is 2.25. The van der Waals surface area contributed by atoms with Gasteiger partial charge in [0.1, 0.15) is 5.76 Å². The zero-order valence-corrected chi connectivity index (χ0v) is 17.2. The lowest BCUT2D eigenvalue weighted by atomic mass is 10.1. The van der Waals surface area contributed by atoms with E-state index in [0.29, 0.717) is 43.1 Å². The summed E-state index contributed by atoms with van der Waals surface area (Å²) in [5.74, 6) is 3.12. The molecular formula is C22H26N2O4S. The van der Waals surface area contributed by atoms with Gasteiger partial charge in [0.15, 0.2) is 0 Å². The molecule has 0 spiro atoms. The molecule has 1 amide bonds. The smallest absolute Gasteiger partial charge is 0.243 e. The summed E-state index contributed by atoms with van der Waals surface area (Å²) < 4.78 is 32.3. The number of aryl methyl sites for hydroxylation is 1. The van der Waals surface area contributed by atoms with Gasteiger partial charge in [0.2, 0.25) is 15.9 Å².